The fraction of sp³-hybridized carbons (Fsp3) is 0.467. The molecule has 1 aromatic rings. The lowest BCUT2D eigenvalue weighted by atomic mass is 9.93. The van der Waals surface area contributed by atoms with E-state index in [0.717, 1.165) is 4.90 Å². The number of aliphatic hydroxyl groups excluding tert-OH is 4. The minimum atomic E-state index is -1.49. The van der Waals surface area contributed by atoms with Crippen LogP contribution in [0.5, 0.6) is 5.75 Å². The maximum atomic E-state index is 12.7. The normalized spacial score (nSPS) is 27.6. The van der Waals surface area contributed by atoms with Crippen molar-refractivity contribution < 1.29 is 34.8 Å². The monoisotopic (exact) mass is 325 g/mol. The summed E-state index contributed by atoms with van der Waals surface area (Å²) < 4.78 is 4.98. The fourth-order valence-electron chi connectivity index (χ4n) is 2.57. The largest absolute Gasteiger partial charge is 0.426 e. The number of hydrogen-bond donors (Lipinski definition) is 4. The number of likely N-dealkylation sites (tertiary alicyclic amines) is 1. The first-order valence-electron chi connectivity index (χ1n) is 7.10. The fourth-order valence-corrected chi connectivity index (χ4v) is 2.57. The van der Waals surface area contributed by atoms with Gasteiger partial charge in [-0.05, 0) is 12.1 Å². The Kier molecular flexibility index (Phi) is 5.32. The number of aliphatic hydroxyl groups is 4. The summed E-state index contributed by atoms with van der Waals surface area (Å²) in [5.41, 5.74) is 0.0527. The van der Waals surface area contributed by atoms with Crippen molar-refractivity contribution >= 4 is 11.9 Å². The molecule has 0 bridgehead atoms. The van der Waals surface area contributed by atoms with Gasteiger partial charge in [0.2, 0.25) is 0 Å². The second-order valence-corrected chi connectivity index (χ2v) is 5.35. The second kappa shape index (κ2) is 7.05. The summed E-state index contributed by atoms with van der Waals surface area (Å²) >= 11 is 0. The molecule has 8 nitrogen and oxygen atoms in total. The van der Waals surface area contributed by atoms with Crippen LogP contribution in [0, 0.1) is 0 Å². The molecule has 126 valence electrons. The quantitative estimate of drug-likeness (QED) is 0.394. The zero-order valence-electron chi connectivity index (χ0n) is 12.5. The molecule has 0 aliphatic carbocycles. The zero-order valence-corrected chi connectivity index (χ0v) is 12.5. The van der Waals surface area contributed by atoms with Gasteiger partial charge in [0.15, 0.2) is 0 Å². The van der Waals surface area contributed by atoms with Crippen molar-refractivity contribution in [3.63, 3.8) is 0 Å². The molecule has 1 amide bonds. The van der Waals surface area contributed by atoms with Crippen molar-refractivity contribution in [2.75, 3.05) is 13.2 Å². The Morgan fingerprint density at radius 3 is 2.48 bits per heavy atom. The molecule has 4 atom stereocenters. The van der Waals surface area contributed by atoms with Gasteiger partial charge in [-0.25, -0.2) is 0 Å². The van der Waals surface area contributed by atoms with Crippen molar-refractivity contribution in [2.45, 2.75) is 31.3 Å². The number of para-hydroxylation sites is 1. The topological polar surface area (TPSA) is 128 Å². The van der Waals surface area contributed by atoms with Crippen LogP contribution in [0.25, 0.3) is 0 Å². The van der Waals surface area contributed by atoms with Gasteiger partial charge < -0.3 is 30.1 Å². The Hall–Kier alpha value is -2.00. The van der Waals surface area contributed by atoms with Crippen molar-refractivity contribution in [1.82, 2.24) is 4.90 Å². The number of amides is 1. The smallest absolute Gasteiger partial charge is 0.308 e. The summed E-state index contributed by atoms with van der Waals surface area (Å²) in [5, 5.41) is 38.8. The molecule has 1 unspecified atom stereocenters. The summed E-state index contributed by atoms with van der Waals surface area (Å²) in [5.74, 6) is -1.19. The molecule has 0 radical (unpaired) electrons. The predicted molar refractivity (Wildman–Crippen MR) is 77.7 cm³/mol. The third-order valence-electron chi connectivity index (χ3n) is 3.74. The summed E-state index contributed by atoms with van der Waals surface area (Å²) in [7, 11) is 0. The number of benzene rings is 1. The first kappa shape index (κ1) is 17.4. The highest BCUT2D eigenvalue weighted by molar-refractivity contribution is 5.98. The van der Waals surface area contributed by atoms with E-state index in [4.69, 9.17) is 4.74 Å². The first-order valence-corrected chi connectivity index (χ1v) is 7.10. The molecular weight excluding hydrogens is 306 g/mol. The molecular formula is C15H19NO7. The lowest BCUT2D eigenvalue weighted by Gasteiger charge is -2.43. The molecule has 1 aliphatic rings. The molecule has 1 saturated heterocycles. The molecule has 0 saturated carbocycles. The SMILES string of the molecule is CC(=O)Oc1ccccc1C(=O)N1C[C@H](O)[C@@H](O)[C@H](O)C1CO. The van der Waals surface area contributed by atoms with E-state index in [1.807, 2.05) is 0 Å². The number of rotatable bonds is 3. The summed E-state index contributed by atoms with van der Waals surface area (Å²) in [6.07, 6.45) is -4.30. The van der Waals surface area contributed by atoms with Crippen LogP contribution in [-0.2, 0) is 4.79 Å². The Morgan fingerprint density at radius 1 is 1.22 bits per heavy atom. The minimum absolute atomic E-state index is 0.0387. The van der Waals surface area contributed by atoms with Crippen LogP contribution in [0.2, 0.25) is 0 Å². The van der Waals surface area contributed by atoms with Gasteiger partial charge in [0.1, 0.15) is 24.1 Å². The van der Waals surface area contributed by atoms with E-state index in [2.05, 4.69) is 0 Å². The number of β-amino-alcohol motifs (C(OH)–C–C–N with tert-alkyl or cyclic N) is 1. The number of hydrogen-bond acceptors (Lipinski definition) is 7. The molecule has 4 N–H and O–H groups in total. The lowest BCUT2D eigenvalue weighted by molar-refractivity contribution is -0.134. The van der Waals surface area contributed by atoms with E-state index in [1.54, 1.807) is 12.1 Å². The van der Waals surface area contributed by atoms with Crippen LogP contribution in [0.15, 0.2) is 24.3 Å². The van der Waals surface area contributed by atoms with Gasteiger partial charge in [-0.3, -0.25) is 9.59 Å². The maximum Gasteiger partial charge on any atom is 0.308 e. The van der Waals surface area contributed by atoms with Crippen LogP contribution < -0.4 is 4.74 Å². The first-order chi connectivity index (χ1) is 10.9. The molecule has 1 aromatic carbocycles. The van der Waals surface area contributed by atoms with Crippen LogP contribution in [-0.4, -0.2) is 74.7 Å². The van der Waals surface area contributed by atoms with E-state index in [0.29, 0.717) is 0 Å². The molecule has 8 heteroatoms. The van der Waals surface area contributed by atoms with Gasteiger partial charge in [0.25, 0.3) is 5.91 Å². The Morgan fingerprint density at radius 2 is 1.87 bits per heavy atom. The van der Waals surface area contributed by atoms with E-state index in [1.165, 1.54) is 19.1 Å². The molecule has 0 aromatic heterocycles. The van der Waals surface area contributed by atoms with Gasteiger partial charge in [-0.2, -0.15) is 0 Å². The maximum absolute atomic E-state index is 12.7. The molecule has 0 spiro atoms. The second-order valence-electron chi connectivity index (χ2n) is 5.35. The average molecular weight is 325 g/mol. The van der Waals surface area contributed by atoms with Crippen molar-refractivity contribution in [1.29, 1.82) is 0 Å². The number of carbonyl (C=O) groups excluding carboxylic acids is 2. The molecule has 1 heterocycles. The third kappa shape index (κ3) is 3.50. The van der Waals surface area contributed by atoms with Gasteiger partial charge in [0, 0.05) is 6.92 Å². The van der Waals surface area contributed by atoms with E-state index >= 15 is 0 Å². The zero-order chi connectivity index (χ0) is 17.1. The van der Waals surface area contributed by atoms with E-state index in [-0.39, 0.29) is 17.9 Å². The Bertz CT molecular complexity index is 591. The third-order valence-corrected chi connectivity index (χ3v) is 3.74. The Balaban J connectivity index is 2.33. The summed E-state index contributed by atoms with van der Waals surface area (Å²) in [4.78, 5) is 24.9. The standard InChI is InChI=1S/C15H19NO7/c1-8(18)23-12-5-3-2-4-9(12)15(22)16-6-11(19)14(21)13(20)10(16)7-17/h2-5,10-11,13-14,17,19-21H,6-7H2,1H3/t10?,11-,13+,14+/m0/s1. The number of piperidine rings is 1. The van der Waals surface area contributed by atoms with Gasteiger partial charge in [-0.15, -0.1) is 0 Å². The highest BCUT2D eigenvalue weighted by Crippen LogP contribution is 2.25. The molecule has 2 rings (SSSR count). The van der Waals surface area contributed by atoms with Gasteiger partial charge >= 0.3 is 5.97 Å². The van der Waals surface area contributed by atoms with Crippen LogP contribution in [0.4, 0.5) is 0 Å². The van der Waals surface area contributed by atoms with Crippen molar-refractivity contribution in [3.05, 3.63) is 29.8 Å². The van der Waals surface area contributed by atoms with Crippen LogP contribution >= 0.6 is 0 Å². The Labute approximate surface area is 132 Å². The van der Waals surface area contributed by atoms with Crippen LogP contribution in [0.1, 0.15) is 17.3 Å². The highest BCUT2D eigenvalue weighted by Gasteiger charge is 2.43. The van der Waals surface area contributed by atoms with Crippen molar-refractivity contribution in [2.24, 2.45) is 0 Å². The lowest BCUT2D eigenvalue weighted by Crippen LogP contribution is -2.63. The highest BCUT2D eigenvalue weighted by atomic mass is 16.5. The summed E-state index contributed by atoms with van der Waals surface area (Å²) in [6, 6.07) is 4.95. The van der Waals surface area contributed by atoms with Gasteiger partial charge in [0.05, 0.1) is 24.8 Å². The predicted octanol–water partition coefficient (Wildman–Crippen LogP) is -1.49. The van der Waals surface area contributed by atoms with Gasteiger partial charge in [-0.1, -0.05) is 12.1 Å². The molecule has 1 fully saturated rings. The minimum Gasteiger partial charge on any atom is -0.426 e. The average Bonchev–Trinajstić information content (AvgIpc) is 2.51. The summed E-state index contributed by atoms with van der Waals surface area (Å²) in [6.45, 7) is 0.339. The number of carbonyl (C=O) groups is 2. The molecule has 1 aliphatic heterocycles. The molecule has 23 heavy (non-hydrogen) atoms. The van der Waals surface area contributed by atoms with Crippen molar-refractivity contribution in [3.8, 4) is 5.75 Å². The van der Waals surface area contributed by atoms with E-state index < -0.39 is 42.8 Å². The number of nitrogens with zero attached hydrogens (tertiary/aromatic N) is 1. The van der Waals surface area contributed by atoms with Crippen LogP contribution in [0.3, 0.4) is 0 Å². The van der Waals surface area contributed by atoms with E-state index in [9.17, 15) is 30.0 Å². The number of esters is 1. The number of ether oxygens (including phenoxy) is 1.